The third kappa shape index (κ3) is 4.26. The average Bonchev–Trinajstić information content (AvgIpc) is 2.60. The van der Waals surface area contributed by atoms with Crippen LogP contribution in [0.5, 0.6) is 0 Å². The number of aromatic nitrogens is 1. The molecule has 0 unspecified atom stereocenters. The highest BCUT2D eigenvalue weighted by molar-refractivity contribution is 5.64. The number of halogens is 3. The first-order valence-electron chi connectivity index (χ1n) is 8.01. The largest absolute Gasteiger partial charge is 0.466 e. The second-order valence-corrected chi connectivity index (χ2v) is 5.91. The molecule has 3 rings (SSSR count). The van der Waals surface area contributed by atoms with Gasteiger partial charge < -0.3 is 4.42 Å². The second kappa shape index (κ2) is 7.12. The fourth-order valence-electron chi connectivity index (χ4n) is 2.59. The van der Waals surface area contributed by atoms with Gasteiger partial charge in [0.2, 0.25) is 0 Å². The monoisotopic (exact) mass is 369 g/mol. The minimum atomic E-state index is -4.37. The maximum atomic E-state index is 12.6. The van der Waals surface area contributed by atoms with Crippen LogP contribution in [-0.4, -0.2) is 4.98 Å². The van der Waals surface area contributed by atoms with Gasteiger partial charge in [0.15, 0.2) is 5.43 Å². The molecule has 2 heterocycles. The van der Waals surface area contributed by atoms with Crippen molar-refractivity contribution in [3.63, 3.8) is 0 Å². The van der Waals surface area contributed by atoms with Gasteiger partial charge in [-0.15, -0.1) is 0 Å². The Balaban J connectivity index is 1.84. The second-order valence-electron chi connectivity index (χ2n) is 5.91. The maximum Gasteiger partial charge on any atom is 0.416 e. The quantitative estimate of drug-likeness (QED) is 0.582. The van der Waals surface area contributed by atoms with Crippen LogP contribution in [0.4, 0.5) is 13.2 Å². The van der Waals surface area contributed by atoms with E-state index in [1.807, 2.05) is 0 Å². The Morgan fingerprint density at radius 3 is 2.26 bits per heavy atom. The molecule has 1 aromatic carbocycles. The van der Waals surface area contributed by atoms with Gasteiger partial charge in [0.25, 0.3) is 0 Å². The zero-order valence-corrected chi connectivity index (χ0v) is 14.5. The van der Waals surface area contributed by atoms with Gasteiger partial charge in [0.1, 0.15) is 17.2 Å². The van der Waals surface area contributed by atoms with Crippen molar-refractivity contribution in [2.75, 3.05) is 0 Å². The van der Waals surface area contributed by atoms with Gasteiger partial charge in [-0.2, -0.15) is 13.2 Å². The molecule has 27 heavy (non-hydrogen) atoms. The maximum absolute atomic E-state index is 12.6. The van der Waals surface area contributed by atoms with Gasteiger partial charge >= 0.3 is 6.18 Å². The van der Waals surface area contributed by atoms with Gasteiger partial charge in [-0.25, -0.2) is 4.98 Å². The van der Waals surface area contributed by atoms with E-state index in [-0.39, 0.29) is 5.43 Å². The summed E-state index contributed by atoms with van der Waals surface area (Å²) in [5, 5.41) is 0. The lowest BCUT2D eigenvalue weighted by Gasteiger charge is -2.05. The molecule has 0 N–H and O–H groups in total. The lowest BCUT2D eigenvalue weighted by Crippen LogP contribution is -2.06. The fraction of sp³-hybridized carbons (Fsp3) is 0.143. The molecule has 0 spiro atoms. The minimum Gasteiger partial charge on any atom is -0.466 e. The SMILES string of the molecule is Cc1cc(=O)c(-c2ccc(C#Cc3ccc(C(F)(F)F)cc3)nc2)c(C)o1. The van der Waals surface area contributed by atoms with Crippen LogP contribution in [0.15, 0.2) is 57.9 Å². The molecule has 0 fully saturated rings. The van der Waals surface area contributed by atoms with E-state index in [9.17, 15) is 18.0 Å². The van der Waals surface area contributed by atoms with Crippen LogP contribution in [0.2, 0.25) is 0 Å². The van der Waals surface area contributed by atoms with E-state index in [2.05, 4.69) is 16.8 Å². The van der Waals surface area contributed by atoms with E-state index in [0.717, 1.165) is 12.1 Å². The summed E-state index contributed by atoms with van der Waals surface area (Å²) in [7, 11) is 0. The minimum absolute atomic E-state index is 0.151. The molecule has 0 amide bonds. The molecule has 0 saturated heterocycles. The summed E-state index contributed by atoms with van der Waals surface area (Å²) in [4.78, 5) is 16.4. The molecular weight excluding hydrogens is 355 g/mol. The number of alkyl halides is 3. The average molecular weight is 369 g/mol. The van der Waals surface area contributed by atoms with Crippen LogP contribution < -0.4 is 5.43 Å². The molecule has 0 radical (unpaired) electrons. The Bertz CT molecular complexity index is 1080. The molecule has 0 saturated carbocycles. The standard InChI is InChI=1S/C21H14F3NO2/c1-13-11-19(26)20(14(2)27-13)16-6-10-18(25-12-16)9-5-15-3-7-17(8-4-15)21(22,23)24/h3-4,6-8,10-12H,1-2H3. The molecule has 0 aliphatic carbocycles. The molecule has 3 nitrogen and oxygen atoms in total. The Morgan fingerprint density at radius 1 is 1.00 bits per heavy atom. The number of nitrogens with zero attached hydrogens (tertiary/aromatic N) is 1. The molecule has 0 aliphatic heterocycles. The topological polar surface area (TPSA) is 43.1 Å². The van der Waals surface area contributed by atoms with E-state index in [1.165, 1.54) is 24.4 Å². The highest BCUT2D eigenvalue weighted by Gasteiger charge is 2.29. The first kappa shape index (κ1) is 18.5. The van der Waals surface area contributed by atoms with Crippen molar-refractivity contribution in [1.29, 1.82) is 0 Å². The molecule has 6 heteroatoms. The van der Waals surface area contributed by atoms with Crippen molar-refractivity contribution in [2.24, 2.45) is 0 Å². The Morgan fingerprint density at radius 2 is 1.70 bits per heavy atom. The third-order valence-electron chi connectivity index (χ3n) is 3.85. The van der Waals surface area contributed by atoms with Crippen LogP contribution in [0, 0.1) is 25.7 Å². The van der Waals surface area contributed by atoms with Crippen molar-refractivity contribution in [3.8, 4) is 23.0 Å². The molecule has 2 aromatic heterocycles. The predicted molar refractivity (Wildman–Crippen MR) is 95.1 cm³/mol. The van der Waals surface area contributed by atoms with Gasteiger partial charge in [-0.3, -0.25) is 4.79 Å². The Hall–Kier alpha value is -3.33. The van der Waals surface area contributed by atoms with Gasteiger partial charge in [-0.05, 0) is 56.2 Å². The molecule has 3 aromatic rings. The van der Waals surface area contributed by atoms with Crippen LogP contribution in [0.1, 0.15) is 28.3 Å². The number of hydrogen-bond donors (Lipinski definition) is 0. The zero-order valence-electron chi connectivity index (χ0n) is 14.5. The first-order valence-corrected chi connectivity index (χ1v) is 8.01. The molecule has 0 bridgehead atoms. The summed E-state index contributed by atoms with van der Waals surface area (Å²) in [5.74, 6) is 6.60. The van der Waals surface area contributed by atoms with E-state index in [0.29, 0.717) is 33.9 Å². The van der Waals surface area contributed by atoms with Crippen molar-refractivity contribution in [3.05, 3.63) is 87.2 Å². The number of pyridine rings is 1. The molecule has 0 aliphatic rings. The number of aryl methyl sites for hydroxylation is 2. The summed E-state index contributed by atoms with van der Waals surface area (Å²) in [6, 6.07) is 9.36. The number of rotatable bonds is 1. The van der Waals surface area contributed by atoms with Crippen molar-refractivity contribution in [2.45, 2.75) is 20.0 Å². The summed E-state index contributed by atoms with van der Waals surface area (Å²) in [6.07, 6.45) is -2.85. The molecule has 136 valence electrons. The highest BCUT2D eigenvalue weighted by atomic mass is 19.4. The van der Waals surface area contributed by atoms with Crippen LogP contribution in [0.25, 0.3) is 11.1 Å². The normalized spacial score (nSPS) is 11.0. The lowest BCUT2D eigenvalue weighted by atomic mass is 10.1. The summed E-state index contributed by atoms with van der Waals surface area (Å²) >= 11 is 0. The van der Waals surface area contributed by atoms with Crippen molar-refractivity contribution >= 4 is 0 Å². The summed E-state index contributed by atoms with van der Waals surface area (Å²) < 4.78 is 43.1. The van der Waals surface area contributed by atoms with E-state index in [1.54, 1.807) is 26.0 Å². The fourth-order valence-corrected chi connectivity index (χ4v) is 2.59. The van der Waals surface area contributed by atoms with Crippen LogP contribution in [-0.2, 0) is 6.18 Å². The zero-order chi connectivity index (χ0) is 19.6. The highest BCUT2D eigenvalue weighted by Crippen LogP contribution is 2.29. The third-order valence-corrected chi connectivity index (χ3v) is 3.85. The van der Waals surface area contributed by atoms with E-state index in [4.69, 9.17) is 4.42 Å². The lowest BCUT2D eigenvalue weighted by molar-refractivity contribution is -0.137. The Labute approximate surface area is 153 Å². The van der Waals surface area contributed by atoms with E-state index < -0.39 is 11.7 Å². The van der Waals surface area contributed by atoms with Gasteiger partial charge in [-0.1, -0.05) is 5.92 Å². The van der Waals surface area contributed by atoms with Crippen molar-refractivity contribution in [1.82, 2.24) is 4.98 Å². The smallest absolute Gasteiger partial charge is 0.416 e. The molecule has 0 atom stereocenters. The van der Waals surface area contributed by atoms with Crippen molar-refractivity contribution < 1.29 is 17.6 Å². The van der Waals surface area contributed by atoms with Gasteiger partial charge in [0.05, 0.1) is 11.1 Å². The Kier molecular flexibility index (Phi) is 4.87. The van der Waals surface area contributed by atoms with Gasteiger partial charge in [0, 0.05) is 23.4 Å². The predicted octanol–water partition coefficient (Wildman–Crippen LogP) is 4.74. The summed E-state index contributed by atoms with van der Waals surface area (Å²) in [5.41, 5.74) is 1.07. The van der Waals surface area contributed by atoms with Crippen LogP contribution >= 0.6 is 0 Å². The first-order chi connectivity index (χ1) is 12.7. The number of hydrogen-bond acceptors (Lipinski definition) is 3. The van der Waals surface area contributed by atoms with E-state index >= 15 is 0 Å². The number of benzene rings is 1. The van der Waals surface area contributed by atoms with Crippen LogP contribution in [0.3, 0.4) is 0 Å². The summed E-state index contributed by atoms with van der Waals surface area (Å²) in [6.45, 7) is 3.42. The molecular formula is C21H14F3NO2.